The Kier molecular flexibility index (Phi) is 6.86. The highest BCUT2D eigenvalue weighted by molar-refractivity contribution is 5.87. The Labute approximate surface area is 103 Å². The predicted molar refractivity (Wildman–Crippen MR) is 60.5 cm³/mol. The van der Waals surface area contributed by atoms with Crippen LogP contribution in [0.1, 0.15) is 13.3 Å². The van der Waals surface area contributed by atoms with Gasteiger partial charge in [0.1, 0.15) is 6.04 Å². The molecule has 0 spiro atoms. The molecule has 0 radical (unpaired) electrons. The molecule has 102 valence electrons. The standard InChI is InChI=1S/C9H16N4O5/c1-5(14)11-2-3-12-9(18)13-6(8(16)17)4-7(10)15/h6H,2-4H2,1H3,(H2,10,15)(H,11,14)(H,16,17)(H2,12,13,18)/t6-/m0/s1. The summed E-state index contributed by atoms with van der Waals surface area (Å²) in [5, 5.41) is 15.5. The van der Waals surface area contributed by atoms with Crippen LogP contribution in [0.15, 0.2) is 0 Å². The number of amides is 4. The fourth-order valence-electron chi connectivity index (χ4n) is 1.03. The lowest BCUT2D eigenvalue weighted by Crippen LogP contribution is -2.48. The fourth-order valence-corrected chi connectivity index (χ4v) is 1.03. The summed E-state index contributed by atoms with van der Waals surface area (Å²) in [5.74, 6) is -2.43. The first-order valence-corrected chi connectivity index (χ1v) is 5.13. The molecule has 0 bridgehead atoms. The second kappa shape index (κ2) is 7.87. The fraction of sp³-hybridized carbons (Fsp3) is 0.556. The Balaban J connectivity index is 3.99. The molecule has 0 aromatic rings. The number of hydrogen-bond donors (Lipinski definition) is 5. The molecule has 9 nitrogen and oxygen atoms in total. The lowest BCUT2D eigenvalue weighted by Gasteiger charge is -2.13. The average molecular weight is 260 g/mol. The zero-order valence-corrected chi connectivity index (χ0v) is 9.86. The number of carbonyl (C=O) groups is 4. The summed E-state index contributed by atoms with van der Waals surface area (Å²) in [7, 11) is 0. The van der Waals surface area contributed by atoms with E-state index in [0.29, 0.717) is 0 Å². The molecule has 9 heteroatoms. The summed E-state index contributed by atoms with van der Waals surface area (Å²) in [6.45, 7) is 1.68. The maximum atomic E-state index is 11.2. The topological polar surface area (TPSA) is 151 Å². The van der Waals surface area contributed by atoms with E-state index in [4.69, 9.17) is 10.8 Å². The molecule has 0 aromatic carbocycles. The maximum absolute atomic E-state index is 11.2. The molecule has 0 saturated heterocycles. The van der Waals surface area contributed by atoms with E-state index in [1.807, 2.05) is 0 Å². The number of nitrogens with two attached hydrogens (primary N) is 1. The second-order valence-electron chi connectivity index (χ2n) is 3.44. The van der Waals surface area contributed by atoms with E-state index in [-0.39, 0.29) is 19.0 Å². The van der Waals surface area contributed by atoms with Gasteiger partial charge in [-0.15, -0.1) is 0 Å². The smallest absolute Gasteiger partial charge is 0.326 e. The minimum atomic E-state index is -1.37. The van der Waals surface area contributed by atoms with Gasteiger partial charge in [-0.1, -0.05) is 0 Å². The average Bonchev–Trinajstić information content (AvgIpc) is 2.22. The lowest BCUT2D eigenvalue weighted by atomic mass is 10.2. The third-order valence-corrected chi connectivity index (χ3v) is 1.79. The van der Waals surface area contributed by atoms with Crippen LogP contribution in [0.3, 0.4) is 0 Å². The van der Waals surface area contributed by atoms with E-state index in [9.17, 15) is 19.2 Å². The minimum Gasteiger partial charge on any atom is -0.480 e. The Morgan fingerprint density at radius 3 is 2.17 bits per heavy atom. The van der Waals surface area contributed by atoms with Gasteiger partial charge in [-0.3, -0.25) is 9.59 Å². The molecule has 0 unspecified atom stereocenters. The molecule has 0 aliphatic heterocycles. The summed E-state index contributed by atoms with van der Waals surface area (Å²) in [6.07, 6.45) is -0.492. The largest absolute Gasteiger partial charge is 0.480 e. The van der Waals surface area contributed by atoms with Crippen LogP contribution in [-0.2, 0) is 14.4 Å². The lowest BCUT2D eigenvalue weighted by molar-refractivity contribution is -0.140. The van der Waals surface area contributed by atoms with Crippen molar-refractivity contribution in [3.8, 4) is 0 Å². The molecule has 18 heavy (non-hydrogen) atoms. The summed E-state index contributed by atoms with van der Waals surface area (Å²) < 4.78 is 0. The minimum absolute atomic E-state index is 0.133. The number of urea groups is 1. The predicted octanol–water partition coefficient (Wildman–Crippen LogP) is -2.25. The van der Waals surface area contributed by atoms with Crippen LogP contribution < -0.4 is 21.7 Å². The Bertz CT molecular complexity index is 344. The molecular weight excluding hydrogens is 244 g/mol. The van der Waals surface area contributed by atoms with Gasteiger partial charge in [-0.05, 0) is 0 Å². The van der Waals surface area contributed by atoms with E-state index < -0.39 is 30.4 Å². The van der Waals surface area contributed by atoms with E-state index in [1.165, 1.54) is 6.92 Å². The van der Waals surface area contributed by atoms with Crippen molar-refractivity contribution >= 4 is 23.8 Å². The molecule has 0 aliphatic rings. The van der Waals surface area contributed by atoms with Gasteiger partial charge in [-0.25, -0.2) is 9.59 Å². The van der Waals surface area contributed by atoms with E-state index in [2.05, 4.69) is 16.0 Å². The Hall–Kier alpha value is -2.32. The quantitative estimate of drug-likeness (QED) is 0.327. The normalized spacial score (nSPS) is 11.2. The van der Waals surface area contributed by atoms with Gasteiger partial charge in [0.2, 0.25) is 11.8 Å². The first kappa shape index (κ1) is 15.7. The third kappa shape index (κ3) is 7.91. The van der Waals surface area contributed by atoms with E-state index in [0.717, 1.165) is 0 Å². The van der Waals surface area contributed by atoms with Gasteiger partial charge in [0.15, 0.2) is 0 Å². The van der Waals surface area contributed by atoms with Crippen molar-refractivity contribution in [2.75, 3.05) is 13.1 Å². The van der Waals surface area contributed by atoms with Crippen molar-refractivity contribution in [1.82, 2.24) is 16.0 Å². The van der Waals surface area contributed by atoms with Crippen molar-refractivity contribution < 1.29 is 24.3 Å². The van der Waals surface area contributed by atoms with E-state index >= 15 is 0 Å². The zero-order valence-electron chi connectivity index (χ0n) is 9.86. The van der Waals surface area contributed by atoms with Crippen molar-refractivity contribution in [1.29, 1.82) is 0 Å². The molecule has 4 amide bonds. The number of aliphatic carboxylic acids is 1. The maximum Gasteiger partial charge on any atom is 0.326 e. The molecule has 0 aliphatic carbocycles. The highest BCUT2D eigenvalue weighted by Crippen LogP contribution is 1.91. The van der Waals surface area contributed by atoms with Crippen LogP contribution >= 0.6 is 0 Å². The van der Waals surface area contributed by atoms with Crippen LogP contribution in [0.4, 0.5) is 4.79 Å². The first-order chi connectivity index (χ1) is 8.32. The van der Waals surface area contributed by atoms with E-state index in [1.54, 1.807) is 0 Å². The molecule has 0 heterocycles. The van der Waals surface area contributed by atoms with Gasteiger partial charge in [0.05, 0.1) is 6.42 Å². The Morgan fingerprint density at radius 1 is 1.17 bits per heavy atom. The molecule has 0 fully saturated rings. The van der Waals surface area contributed by atoms with Gasteiger partial charge in [0, 0.05) is 20.0 Å². The van der Waals surface area contributed by atoms with Gasteiger partial charge >= 0.3 is 12.0 Å². The SMILES string of the molecule is CC(=O)NCCNC(=O)N[C@@H](CC(N)=O)C(=O)O. The number of hydrogen-bond acceptors (Lipinski definition) is 4. The van der Waals surface area contributed by atoms with Crippen molar-refractivity contribution in [2.24, 2.45) is 5.73 Å². The number of primary amides is 1. The summed E-state index contributed by atoms with van der Waals surface area (Å²) in [5.41, 5.74) is 4.84. The summed E-state index contributed by atoms with van der Waals surface area (Å²) in [4.78, 5) is 43.0. The zero-order chi connectivity index (χ0) is 14.1. The Morgan fingerprint density at radius 2 is 1.72 bits per heavy atom. The van der Waals surface area contributed by atoms with Gasteiger partial charge in [-0.2, -0.15) is 0 Å². The highest BCUT2D eigenvalue weighted by atomic mass is 16.4. The number of carboxylic acids is 1. The van der Waals surface area contributed by atoms with Crippen LogP contribution in [-0.4, -0.2) is 48.1 Å². The van der Waals surface area contributed by atoms with Crippen molar-refractivity contribution in [3.05, 3.63) is 0 Å². The van der Waals surface area contributed by atoms with Crippen molar-refractivity contribution in [2.45, 2.75) is 19.4 Å². The molecule has 6 N–H and O–H groups in total. The van der Waals surface area contributed by atoms with Gasteiger partial charge < -0.3 is 26.8 Å². The summed E-state index contributed by atoms with van der Waals surface area (Å²) >= 11 is 0. The molecule has 1 atom stereocenters. The van der Waals surface area contributed by atoms with Gasteiger partial charge in [0.25, 0.3) is 0 Å². The van der Waals surface area contributed by atoms with Crippen LogP contribution in [0.2, 0.25) is 0 Å². The number of carbonyl (C=O) groups excluding carboxylic acids is 3. The summed E-state index contributed by atoms with van der Waals surface area (Å²) in [6, 6.07) is -2.13. The first-order valence-electron chi connectivity index (χ1n) is 5.13. The molecule has 0 aromatic heterocycles. The molecule has 0 rings (SSSR count). The number of nitrogens with one attached hydrogen (secondary N) is 3. The van der Waals surface area contributed by atoms with Crippen LogP contribution in [0, 0.1) is 0 Å². The molecular formula is C9H16N4O5. The highest BCUT2D eigenvalue weighted by Gasteiger charge is 2.21. The number of carboxylic acid groups (broad SMARTS) is 1. The third-order valence-electron chi connectivity index (χ3n) is 1.79. The van der Waals surface area contributed by atoms with Crippen molar-refractivity contribution in [3.63, 3.8) is 0 Å². The van der Waals surface area contributed by atoms with Crippen LogP contribution in [0.5, 0.6) is 0 Å². The second-order valence-corrected chi connectivity index (χ2v) is 3.44. The number of rotatable bonds is 7. The monoisotopic (exact) mass is 260 g/mol. The molecule has 0 saturated carbocycles. The van der Waals surface area contributed by atoms with Crippen LogP contribution in [0.25, 0.3) is 0 Å².